The van der Waals surface area contributed by atoms with Crippen LogP contribution < -0.4 is 15.6 Å². The Balaban J connectivity index is 2.19. The lowest BCUT2D eigenvalue weighted by Gasteiger charge is -2.11. The molecule has 146 valence electrons. The van der Waals surface area contributed by atoms with Crippen molar-refractivity contribution in [1.82, 2.24) is 9.97 Å². The van der Waals surface area contributed by atoms with E-state index >= 15 is 0 Å². The van der Waals surface area contributed by atoms with Crippen molar-refractivity contribution in [3.05, 3.63) is 51.0 Å². The topological polar surface area (TPSA) is 84.1 Å². The second kappa shape index (κ2) is 7.47. The van der Waals surface area contributed by atoms with Crippen molar-refractivity contribution >= 4 is 23.2 Å². The molecule has 0 aliphatic carbocycles. The van der Waals surface area contributed by atoms with Gasteiger partial charge >= 0.3 is 12.4 Å². The summed E-state index contributed by atoms with van der Waals surface area (Å²) >= 11 is 5.67. The summed E-state index contributed by atoms with van der Waals surface area (Å²) < 4.78 is 78.6. The third-order valence-corrected chi connectivity index (χ3v) is 3.19. The maximum atomic E-state index is 12.7. The van der Waals surface area contributed by atoms with E-state index in [4.69, 9.17) is 11.6 Å². The van der Waals surface area contributed by atoms with Crippen molar-refractivity contribution in [1.29, 1.82) is 0 Å². The Morgan fingerprint density at radius 2 is 1.89 bits per heavy atom. The van der Waals surface area contributed by atoms with E-state index in [1.54, 1.807) is 0 Å². The molecule has 0 atom stereocenters. The number of pyridine rings is 2. The maximum Gasteiger partial charge on any atom is 0.422 e. The van der Waals surface area contributed by atoms with Gasteiger partial charge in [0.25, 0.3) is 11.5 Å². The van der Waals surface area contributed by atoms with Gasteiger partial charge in [-0.25, -0.2) is 4.98 Å². The first-order chi connectivity index (χ1) is 12.4. The average molecular weight is 416 g/mol. The molecule has 0 spiro atoms. The Bertz CT molecular complexity index is 910. The highest BCUT2D eigenvalue weighted by Crippen LogP contribution is 2.29. The molecule has 0 radical (unpaired) electrons. The van der Waals surface area contributed by atoms with E-state index in [0.717, 1.165) is 12.3 Å². The lowest BCUT2D eigenvalue weighted by Crippen LogP contribution is -2.22. The van der Waals surface area contributed by atoms with Gasteiger partial charge in [0.15, 0.2) is 6.61 Å². The van der Waals surface area contributed by atoms with E-state index in [1.165, 1.54) is 0 Å². The largest absolute Gasteiger partial charge is 0.467 e. The highest BCUT2D eigenvalue weighted by atomic mass is 35.5. The van der Waals surface area contributed by atoms with Gasteiger partial charge in [-0.1, -0.05) is 11.6 Å². The molecule has 0 unspecified atom stereocenters. The van der Waals surface area contributed by atoms with Crippen molar-refractivity contribution < 1.29 is 35.9 Å². The molecule has 0 fully saturated rings. The Hall–Kier alpha value is -2.76. The van der Waals surface area contributed by atoms with Crippen LogP contribution in [0.2, 0.25) is 5.02 Å². The Labute approximate surface area is 151 Å². The monoisotopic (exact) mass is 415 g/mol. The third-order valence-electron chi connectivity index (χ3n) is 2.92. The predicted octanol–water partition coefficient (Wildman–Crippen LogP) is 3.64. The SMILES string of the molecule is O=C(Nc1cc(C(F)(F)F)c[nH]c1=O)c1cnc(OCC(F)(F)F)c(Cl)c1. The van der Waals surface area contributed by atoms with Crippen LogP contribution in [0.3, 0.4) is 0 Å². The zero-order valence-corrected chi connectivity index (χ0v) is 13.6. The Morgan fingerprint density at radius 1 is 1.22 bits per heavy atom. The molecule has 2 heterocycles. The smallest absolute Gasteiger partial charge is 0.422 e. The molecule has 0 aliphatic rings. The van der Waals surface area contributed by atoms with Crippen LogP contribution in [-0.2, 0) is 6.18 Å². The van der Waals surface area contributed by atoms with Gasteiger partial charge in [-0.2, -0.15) is 26.3 Å². The highest BCUT2D eigenvalue weighted by Gasteiger charge is 2.32. The van der Waals surface area contributed by atoms with Crippen LogP contribution in [-0.4, -0.2) is 28.7 Å². The van der Waals surface area contributed by atoms with E-state index in [-0.39, 0.29) is 5.56 Å². The number of anilines is 1. The van der Waals surface area contributed by atoms with Crippen molar-refractivity contribution in [3.8, 4) is 5.88 Å². The quantitative estimate of drug-likeness (QED) is 0.747. The van der Waals surface area contributed by atoms with Crippen molar-refractivity contribution in [2.45, 2.75) is 12.4 Å². The molecule has 6 nitrogen and oxygen atoms in total. The maximum absolute atomic E-state index is 12.7. The van der Waals surface area contributed by atoms with Crippen LogP contribution in [0.4, 0.5) is 32.0 Å². The van der Waals surface area contributed by atoms with Crippen molar-refractivity contribution in [2.75, 3.05) is 11.9 Å². The van der Waals surface area contributed by atoms with Gasteiger partial charge in [-0.15, -0.1) is 0 Å². The molecular weight excluding hydrogens is 408 g/mol. The number of H-pyrrole nitrogens is 1. The van der Waals surface area contributed by atoms with Gasteiger partial charge < -0.3 is 15.0 Å². The second-order valence-electron chi connectivity index (χ2n) is 5.00. The van der Waals surface area contributed by atoms with Crippen LogP contribution in [0, 0.1) is 0 Å². The van der Waals surface area contributed by atoms with Gasteiger partial charge in [-0.05, 0) is 12.1 Å². The normalized spacial score (nSPS) is 12.0. The van der Waals surface area contributed by atoms with Gasteiger partial charge in [0.2, 0.25) is 5.88 Å². The molecule has 0 saturated heterocycles. The van der Waals surface area contributed by atoms with E-state index in [2.05, 4.69) is 9.72 Å². The summed E-state index contributed by atoms with van der Waals surface area (Å²) in [5, 5.41) is 1.50. The minimum atomic E-state index is -4.76. The average Bonchev–Trinajstić information content (AvgIpc) is 2.53. The van der Waals surface area contributed by atoms with Crippen molar-refractivity contribution in [2.24, 2.45) is 0 Å². The number of hydrogen-bond acceptors (Lipinski definition) is 4. The number of carbonyl (C=O) groups is 1. The molecule has 1 amide bonds. The van der Waals surface area contributed by atoms with E-state index < -0.39 is 52.6 Å². The van der Waals surface area contributed by atoms with Crippen LogP contribution in [0.1, 0.15) is 15.9 Å². The lowest BCUT2D eigenvalue weighted by molar-refractivity contribution is -0.154. The van der Waals surface area contributed by atoms with Crippen LogP contribution in [0.5, 0.6) is 5.88 Å². The van der Waals surface area contributed by atoms with E-state index in [9.17, 15) is 35.9 Å². The minimum Gasteiger partial charge on any atom is -0.467 e. The van der Waals surface area contributed by atoms with Crippen molar-refractivity contribution in [3.63, 3.8) is 0 Å². The first kappa shape index (κ1) is 20.6. The number of amides is 1. The fraction of sp³-hybridized carbons (Fsp3) is 0.214. The molecule has 13 heteroatoms. The van der Waals surface area contributed by atoms with E-state index in [1.807, 2.05) is 10.3 Å². The molecule has 0 bridgehead atoms. The van der Waals surface area contributed by atoms with Crippen LogP contribution in [0.15, 0.2) is 29.3 Å². The molecule has 2 aromatic rings. The Kier molecular flexibility index (Phi) is 5.68. The predicted molar refractivity (Wildman–Crippen MR) is 80.8 cm³/mol. The number of rotatable bonds is 4. The number of nitrogens with zero attached hydrogens (tertiary/aromatic N) is 1. The number of nitrogens with one attached hydrogen (secondary N) is 2. The summed E-state index contributed by atoms with van der Waals surface area (Å²) in [5.41, 5.74) is -3.22. The zero-order valence-electron chi connectivity index (χ0n) is 12.8. The van der Waals surface area contributed by atoms with Crippen LogP contribution >= 0.6 is 11.6 Å². The first-order valence-corrected chi connectivity index (χ1v) is 7.21. The lowest BCUT2D eigenvalue weighted by atomic mass is 10.2. The molecular formula is C14H8ClF6N3O3. The summed E-state index contributed by atoms with van der Waals surface area (Å²) in [6.07, 6.45) is -8.17. The number of halogens is 7. The molecule has 0 saturated carbocycles. The number of hydrogen-bond donors (Lipinski definition) is 2. The zero-order chi connectivity index (χ0) is 20.4. The number of ether oxygens (including phenoxy) is 1. The fourth-order valence-electron chi connectivity index (χ4n) is 1.74. The number of aromatic amines is 1. The highest BCUT2D eigenvalue weighted by molar-refractivity contribution is 6.32. The molecule has 0 aromatic carbocycles. The number of aromatic nitrogens is 2. The molecule has 2 rings (SSSR count). The van der Waals surface area contributed by atoms with Gasteiger partial charge in [-0.3, -0.25) is 9.59 Å². The van der Waals surface area contributed by atoms with Gasteiger partial charge in [0.1, 0.15) is 10.7 Å². The van der Waals surface area contributed by atoms with E-state index in [0.29, 0.717) is 12.3 Å². The van der Waals surface area contributed by atoms with Gasteiger partial charge in [0, 0.05) is 12.4 Å². The second-order valence-corrected chi connectivity index (χ2v) is 5.41. The molecule has 2 aromatic heterocycles. The van der Waals surface area contributed by atoms with Crippen LogP contribution in [0.25, 0.3) is 0 Å². The third kappa shape index (κ3) is 5.61. The molecule has 2 N–H and O–H groups in total. The van der Waals surface area contributed by atoms with Gasteiger partial charge in [0.05, 0.1) is 11.1 Å². The molecule has 27 heavy (non-hydrogen) atoms. The first-order valence-electron chi connectivity index (χ1n) is 6.83. The number of carbonyl (C=O) groups excluding carboxylic acids is 1. The number of alkyl halides is 6. The fourth-order valence-corrected chi connectivity index (χ4v) is 1.96. The molecule has 0 aliphatic heterocycles. The summed E-state index contributed by atoms with van der Waals surface area (Å²) in [4.78, 5) is 28.9. The summed E-state index contributed by atoms with van der Waals surface area (Å²) in [5.74, 6) is -1.65. The summed E-state index contributed by atoms with van der Waals surface area (Å²) in [6, 6.07) is 1.31. The summed E-state index contributed by atoms with van der Waals surface area (Å²) in [6.45, 7) is -1.66. The summed E-state index contributed by atoms with van der Waals surface area (Å²) in [7, 11) is 0. The minimum absolute atomic E-state index is 0.323. The standard InChI is InChI=1S/C14H8ClF6N3O3/c15-8-1-6(3-23-12(8)27-5-13(16,17)18)10(25)24-9-2-7(14(19,20)21)4-22-11(9)26/h1-4H,5H2,(H,22,26)(H,24,25). The Morgan fingerprint density at radius 3 is 2.44 bits per heavy atom.